The van der Waals surface area contributed by atoms with Crippen molar-refractivity contribution in [3.63, 3.8) is 0 Å². The minimum Gasteiger partial charge on any atom is -0.478 e. The Morgan fingerprint density at radius 3 is 1.97 bits per heavy atom. The Labute approximate surface area is 191 Å². The molecular formula is C23H26N6O4. The number of nitrogens with zero attached hydrogens (tertiary/aromatic N) is 6. The zero-order valence-electron chi connectivity index (χ0n) is 18.9. The van der Waals surface area contributed by atoms with E-state index < -0.39 is 5.41 Å². The molecule has 0 atom stereocenters. The fourth-order valence-corrected chi connectivity index (χ4v) is 3.66. The maximum Gasteiger partial charge on any atom is 0.277 e. The Morgan fingerprint density at radius 1 is 0.818 bits per heavy atom. The van der Waals surface area contributed by atoms with Crippen LogP contribution in [0.25, 0.3) is 11.6 Å². The summed E-state index contributed by atoms with van der Waals surface area (Å²) in [5.74, 6) is 2.06. The average Bonchev–Trinajstić information content (AvgIpc) is 3.47. The van der Waals surface area contributed by atoms with E-state index in [1.165, 1.54) is 7.11 Å². The molecular weight excluding hydrogens is 424 g/mol. The molecule has 4 aromatic heterocycles. The van der Waals surface area contributed by atoms with E-state index in [0.29, 0.717) is 34.8 Å². The summed E-state index contributed by atoms with van der Waals surface area (Å²) in [7, 11) is 3.09. The zero-order chi connectivity index (χ0) is 23.6. The van der Waals surface area contributed by atoms with Gasteiger partial charge in [-0.2, -0.15) is 4.98 Å². The van der Waals surface area contributed by atoms with Gasteiger partial charge in [-0.25, -0.2) is 19.5 Å². The molecule has 0 saturated heterocycles. The molecule has 0 aliphatic heterocycles. The van der Waals surface area contributed by atoms with Crippen LogP contribution in [-0.2, 0) is 18.6 Å². The van der Waals surface area contributed by atoms with Crippen molar-refractivity contribution in [3.05, 3.63) is 71.8 Å². The summed E-state index contributed by atoms with van der Waals surface area (Å²) in [5, 5.41) is 19.2. The van der Waals surface area contributed by atoms with Gasteiger partial charge in [0.15, 0.2) is 0 Å². The van der Waals surface area contributed by atoms with Crippen LogP contribution >= 0.6 is 0 Å². The molecule has 0 aliphatic carbocycles. The number of ether oxygens (including phenoxy) is 2. The van der Waals surface area contributed by atoms with E-state index in [2.05, 4.69) is 9.97 Å². The number of imidazole rings is 2. The van der Waals surface area contributed by atoms with Gasteiger partial charge in [0.25, 0.3) is 11.8 Å². The van der Waals surface area contributed by atoms with Crippen molar-refractivity contribution in [2.24, 2.45) is 0 Å². The maximum atomic E-state index is 9.75. The van der Waals surface area contributed by atoms with Crippen LogP contribution in [0.3, 0.4) is 0 Å². The summed E-state index contributed by atoms with van der Waals surface area (Å²) < 4.78 is 14.1. The summed E-state index contributed by atoms with van der Waals surface area (Å²) in [6, 6.07) is 11.4. The first-order valence-electron chi connectivity index (χ1n) is 10.3. The monoisotopic (exact) mass is 450 g/mol. The largest absolute Gasteiger partial charge is 0.478 e. The molecule has 0 aromatic carbocycles. The highest BCUT2D eigenvalue weighted by Gasteiger charge is 2.28. The molecule has 4 rings (SSSR count). The highest BCUT2D eigenvalue weighted by Crippen LogP contribution is 2.32. The van der Waals surface area contributed by atoms with Crippen LogP contribution in [0.5, 0.6) is 11.8 Å². The standard InChI is InChI=1S/C23H26N6O4/c1-23(2,17-7-5-9-19(26-17)28-13-24-15(11-30)16(28)12-31)18-8-6-10-20(27-18)29-14-25-21(32-3)22(29)33-4/h5-10,13-14,30-31H,11-12H2,1-4H3. The van der Waals surface area contributed by atoms with Crippen LogP contribution in [0.1, 0.15) is 36.6 Å². The fraction of sp³-hybridized carbons (Fsp3) is 0.304. The Balaban J connectivity index is 1.74. The Kier molecular flexibility index (Phi) is 6.12. The van der Waals surface area contributed by atoms with E-state index in [9.17, 15) is 10.2 Å². The van der Waals surface area contributed by atoms with E-state index in [1.807, 2.05) is 50.2 Å². The second-order valence-corrected chi connectivity index (χ2v) is 7.84. The van der Waals surface area contributed by atoms with Gasteiger partial charge in [-0.05, 0) is 38.1 Å². The van der Waals surface area contributed by atoms with Gasteiger partial charge in [-0.1, -0.05) is 12.1 Å². The van der Waals surface area contributed by atoms with E-state index in [0.717, 1.165) is 11.4 Å². The first-order chi connectivity index (χ1) is 15.9. The van der Waals surface area contributed by atoms with E-state index in [1.54, 1.807) is 28.9 Å². The first kappa shape index (κ1) is 22.4. The van der Waals surface area contributed by atoms with Gasteiger partial charge in [0.2, 0.25) is 0 Å². The van der Waals surface area contributed by atoms with Crippen molar-refractivity contribution in [3.8, 4) is 23.4 Å². The molecule has 0 saturated carbocycles. The number of pyridine rings is 2. The molecule has 0 aliphatic rings. The molecule has 10 nitrogen and oxygen atoms in total. The molecule has 2 N–H and O–H groups in total. The Morgan fingerprint density at radius 2 is 1.42 bits per heavy atom. The van der Waals surface area contributed by atoms with E-state index in [4.69, 9.17) is 19.4 Å². The van der Waals surface area contributed by atoms with Crippen molar-refractivity contribution in [2.75, 3.05) is 14.2 Å². The molecule has 33 heavy (non-hydrogen) atoms. The van der Waals surface area contributed by atoms with Gasteiger partial charge in [-0.3, -0.25) is 4.57 Å². The molecule has 0 spiro atoms. The highest BCUT2D eigenvalue weighted by molar-refractivity contribution is 5.40. The first-order valence-corrected chi connectivity index (χ1v) is 10.3. The lowest BCUT2D eigenvalue weighted by molar-refractivity contribution is 0.253. The third-order valence-electron chi connectivity index (χ3n) is 5.57. The summed E-state index contributed by atoms with van der Waals surface area (Å²) in [6.07, 6.45) is 3.15. The Bertz CT molecular complexity index is 1170. The maximum absolute atomic E-state index is 9.75. The van der Waals surface area contributed by atoms with Crippen LogP contribution < -0.4 is 9.47 Å². The van der Waals surface area contributed by atoms with Gasteiger partial charge in [0.05, 0.1) is 50.2 Å². The number of hydrogen-bond acceptors (Lipinski definition) is 8. The summed E-state index contributed by atoms with van der Waals surface area (Å²) in [4.78, 5) is 18.1. The minimum atomic E-state index is -0.552. The lowest BCUT2D eigenvalue weighted by atomic mass is 9.84. The summed E-state index contributed by atoms with van der Waals surface area (Å²) in [5.41, 5.74) is 1.94. The molecule has 10 heteroatoms. The lowest BCUT2D eigenvalue weighted by Crippen LogP contribution is -2.23. The molecule has 0 radical (unpaired) electrons. The molecule has 172 valence electrons. The second kappa shape index (κ2) is 9.00. The van der Waals surface area contributed by atoms with Crippen LogP contribution in [0, 0.1) is 0 Å². The molecule has 0 amide bonds. The van der Waals surface area contributed by atoms with Gasteiger partial charge in [0, 0.05) is 5.41 Å². The quantitative estimate of drug-likeness (QED) is 0.419. The van der Waals surface area contributed by atoms with Crippen LogP contribution in [0.15, 0.2) is 49.1 Å². The van der Waals surface area contributed by atoms with Gasteiger partial charge in [0.1, 0.15) is 24.3 Å². The molecule has 4 heterocycles. The average molecular weight is 450 g/mol. The van der Waals surface area contributed by atoms with Gasteiger partial charge >= 0.3 is 0 Å². The molecule has 0 unspecified atom stereocenters. The second-order valence-electron chi connectivity index (χ2n) is 7.84. The van der Waals surface area contributed by atoms with Gasteiger partial charge in [-0.15, -0.1) is 0 Å². The Hall–Kier alpha value is -3.76. The summed E-state index contributed by atoms with van der Waals surface area (Å²) in [6.45, 7) is 3.56. The van der Waals surface area contributed by atoms with Crippen molar-refractivity contribution >= 4 is 0 Å². The number of methoxy groups -OCH3 is 2. The third kappa shape index (κ3) is 3.94. The predicted octanol–water partition coefficient (Wildman–Crippen LogP) is 2.18. The predicted molar refractivity (Wildman–Crippen MR) is 120 cm³/mol. The zero-order valence-corrected chi connectivity index (χ0v) is 18.9. The number of rotatable bonds is 8. The number of aliphatic hydroxyl groups excluding tert-OH is 2. The van der Waals surface area contributed by atoms with Crippen molar-refractivity contribution in [1.29, 1.82) is 0 Å². The summed E-state index contributed by atoms with van der Waals surface area (Å²) >= 11 is 0. The lowest BCUT2D eigenvalue weighted by Gasteiger charge is -2.25. The van der Waals surface area contributed by atoms with Crippen molar-refractivity contribution in [1.82, 2.24) is 29.1 Å². The van der Waals surface area contributed by atoms with E-state index >= 15 is 0 Å². The minimum absolute atomic E-state index is 0.257. The van der Waals surface area contributed by atoms with E-state index in [-0.39, 0.29) is 13.2 Å². The van der Waals surface area contributed by atoms with Crippen LogP contribution in [0.4, 0.5) is 0 Å². The molecule has 0 fully saturated rings. The fourth-order valence-electron chi connectivity index (χ4n) is 3.66. The van der Waals surface area contributed by atoms with Crippen molar-refractivity contribution < 1.29 is 19.7 Å². The molecule has 4 aromatic rings. The third-order valence-corrected chi connectivity index (χ3v) is 5.57. The van der Waals surface area contributed by atoms with Crippen molar-refractivity contribution in [2.45, 2.75) is 32.5 Å². The number of aromatic nitrogens is 6. The van der Waals surface area contributed by atoms with Crippen LogP contribution in [0.2, 0.25) is 0 Å². The SMILES string of the molecule is COc1ncn(-c2cccc(C(C)(C)c3cccc(-n4cnc(CO)c4CO)n3)n2)c1OC. The molecule has 0 bridgehead atoms. The topological polar surface area (TPSA) is 120 Å². The van der Waals surface area contributed by atoms with Crippen LogP contribution in [-0.4, -0.2) is 53.5 Å². The normalized spacial score (nSPS) is 11.6. The highest BCUT2D eigenvalue weighted by atomic mass is 16.5. The number of hydrogen-bond donors (Lipinski definition) is 2. The smallest absolute Gasteiger partial charge is 0.277 e. The van der Waals surface area contributed by atoms with Gasteiger partial charge < -0.3 is 19.7 Å². The number of aliphatic hydroxyl groups is 2.